The molecule has 2 aliphatic heterocycles. The quantitative estimate of drug-likeness (QED) is 0.699. The van der Waals surface area contributed by atoms with Gasteiger partial charge in [-0.25, -0.2) is 0 Å². The number of carbonyl (C=O) groups excluding carboxylic acids is 1. The van der Waals surface area contributed by atoms with Crippen LogP contribution in [0, 0.1) is 0 Å². The van der Waals surface area contributed by atoms with Crippen LogP contribution in [-0.2, 0) is 6.42 Å². The van der Waals surface area contributed by atoms with Gasteiger partial charge >= 0.3 is 0 Å². The summed E-state index contributed by atoms with van der Waals surface area (Å²) in [7, 11) is 0. The van der Waals surface area contributed by atoms with Crippen LogP contribution in [0.2, 0.25) is 0 Å². The van der Waals surface area contributed by atoms with E-state index in [-0.39, 0.29) is 5.78 Å². The molecule has 2 aromatic carbocycles. The van der Waals surface area contributed by atoms with Crippen molar-refractivity contribution in [1.82, 2.24) is 0 Å². The lowest BCUT2D eigenvalue weighted by Gasteiger charge is -2.38. The van der Waals surface area contributed by atoms with E-state index >= 15 is 0 Å². The minimum absolute atomic E-state index is 0.0920. The summed E-state index contributed by atoms with van der Waals surface area (Å²) in [5.74, 6) is 1.01. The van der Waals surface area contributed by atoms with Gasteiger partial charge in [0.25, 0.3) is 0 Å². The van der Waals surface area contributed by atoms with Gasteiger partial charge in [0.2, 0.25) is 0 Å². The van der Waals surface area contributed by atoms with Crippen LogP contribution in [0.25, 0.3) is 0 Å². The summed E-state index contributed by atoms with van der Waals surface area (Å²) >= 11 is 5.14. The Morgan fingerprint density at radius 3 is 2.83 bits per heavy atom. The first-order chi connectivity index (χ1) is 11.7. The summed E-state index contributed by atoms with van der Waals surface area (Å²) < 4.78 is 6.63. The number of thioether (sulfide) groups is 1. The lowest BCUT2D eigenvalue weighted by molar-refractivity contribution is 0.103. The first-order valence-electron chi connectivity index (χ1n) is 7.79. The fourth-order valence-corrected chi connectivity index (χ4v) is 4.62. The Labute approximate surface area is 153 Å². The maximum Gasteiger partial charge on any atom is 0.193 e. The molecule has 24 heavy (non-hydrogen) atoms. The van der Waals surface area contributed by atoms with Gasteiger partial charge in [0.1, 0.15) is 12.4 Å². The minimum Gasteiger partial charge on any atom is -0.490 e. The first-order valence-corrected chi connectivity index (χ1v) is 9.81. The van der Waals surface area contributed by atoms with Gasteiger partial charge < -0.3 is 9.64 Å². The van der Waals surface area contributed by atoms with Crippen molar-refractivity contribution in [3.63, 3.8) is 0 Å². The van der Waals surface area contributed by atoms with Gasteiger partial charge in [-0.1, -0.05) is 40.2 Å². The lowest BCUT2D eigenvalue weighted by Crippen LogP contribution is -2.36. The molecule has 0 saturated heterocycles. The molecule has 0 fully saturated rings. The molecule has 0 amide bonds. The number of carbonyl (C=O) groups is 1. The average Bonchev–Trinajstić information content (AvgIpc) is 2.62. The van der Waals surface area contributed by atoms with Gasteiger partial charge in [-0.2, -0.15) is 0 Å². The van der Waals surface area contributed by atoms with Gasteiger partial charge in [0, 0.05) is 22.0 Å². The third-order valence-corrected chi connectivity index (χ3v) is 5.93. The predicted octanol–water partition coefficient (Wildman–Crippen LogP) is 4.66. The van der Waals surface area contributed by atoms with Crippen LogP contribution in [0.1, 0.15) is 15.9 Å². The van der Waals surface area contributed by atoms with Crippen LogP contribution >= 0.6 is 27.7 Å². The van der Waals surface area contributed by atoms with Crippen LogP contribution in [0.15, 0.2) is 57.5 Å². The topological polar surface area (TPSA) is 29.5 Å². The van der Waals surface area contributed by atoms with Crippen molar-refractivity contribution in [2.75, 3.05) is 24.3 Å². The molecule has 3 nitrogen and oxygen atoms in total. The number of anilines is 1. The Morgan fingerprint density at radius 2 is 2.04 bits per heavy atom. The number of nitrogens with zero attached hydrogens (tertiary/aromatic N) is 1. The molecule has 0 N–H and O–H groups in total. The standard InChI is InChI=1S/C19H16BrNO2S/c1-24-19-14(18(22)13-6-2-3-7-15(13)20)11-12-5-4-8-16-17(12)21(19)9-10-23-16/h2-8H,9-11H2,1H3. The van der Waals surface area contributed by atoms with Crippen molar-refractivity contribution in [3.8, 4) is 5.75 Å². The number of benzene rings is 2. The molecule has 0 unspecified atom stereocenters. The average molecular weight is 402 g/mol. The third-order valence-electron chi connectivity index (χ3n) is 4.38. The molecule has 4 rings (SSSR count). The van der Waals surface area contributed by atoms with E-state index in [1.807, 2.05) is 42.7 Å². The van der Waals surface area contributed by atoms with E-state index in [2.05, 4.69) is 26.9 Å². The minimum atomic E-state index is 0.0920. The van der Waals surface area contributed by atoms with Crippen molar-refractivity contribution in [1.29, 1.82) is 0 Å². The SMILES string of the molecule is CSC1=C(C(=O)c2ccccc2Br)Cc2cccc3c2N1CCO3. The maximum atomic E-state index is 13.2. The first kappa shape index (κ1) is 15.8. The zero-order valence-electron chi connectivity index (χ0n) is 13.2. The number of Topliss-reactive ketones (excluding diaryl/α,β-unsaturated/α-hetero) is 1. The lowest BCUT2D eigenvalue weighted by atomic mass is 9.93. The highest BCUT2D eigenvalue weighted by molar-refractivity contribution is 9.10. The van der Waals surface area contributed by atoms with Crippen LogP contribution in [0.3, 0.4) is 0 Å². The van der Waals surface area contributed by atoms with E-state index in [1.165, 1.54) is 0 Å². The maximum absolute atomic E-state index is 13.2. The molecule has 122 valence electrons. The van der Waals surface area contributed by atoms with Crippen molar-refractivity contribution >= 4 is 39.2 Å². The Morgan fingerprint density at radius 1 is 1.21 bits per heavy atom. The normalized spacial score (nSPS) is 15.8. The fourth-order valence-electron chi connectivity index (χ4n) is 3.34. The third kappa shape index (κ3) is 2.47. The molecule has 0 saturated carbocycles. The number of ketones is 1. The highest BCUT2D eigenvalue weighted by atomic mass is 79.9. The van der Waals surface area contributed by atoms with E-state index in [1.54, 1.807) is 11.8 Å². The van der Waals surface area contributed by atoms with E-state index < -0.39 is 0 Å². The molecule has 0 aromatic heterocycles. The Balaban J connectivity index is 1.85. The summed E-state index contributed by atoms with van der Waals surface area (Å²) in [6.07, 6.45) is 2.67. The van der Waals surface area contributed by atoms with E-state index in [0.717, 1.165) is 38.6 Å². The molecule has 2 aromatic rings. The van der Waals surface area contributed by atoms with Crippen LogP contribution in [-0.4, -0.2) is 25.2 Å². The number of halogens is 1. The van der Waals surface area contributed by atoms with E-state index in [0.29, 0.717) is 18.6 Å². The molecule has 5 heteroatoms. The van der Waals surface area contributed by atoms with Gasteiger partial charge in [0.05, 0.1) is 17.3 Å². The summed E-state index contributed by atoms with van der Waals surface area (Å²) in [5, 5.41) is 1.04. The number of hydrogen-bond donors (Lipinski definition) is 0. The van der Waals surface area contributed by atoms with Gasteiger partial charge in [-0.15, -0.1) is 11.8 Å². The highest BCUT2D eigenvalue weighted by Gasteiger charge is 2.33. The summed E-state index contributed by atoms with van der Waals surface area (Å²) in [6, 6.07) is 13.7. The molecule has 0 bridgehead atoms. The molecule has 2 aliphatic rings. The number of ether oxygens (including phenoxy) is 1. The monoisotopic (exact) mass is 401 g/mol. The number of allylic oxidation sites excluding steroid dienone is 1. The van der Waals surface area contributed by atoms with Crippen molar-refractivity contribution in [2.45, 2.75) is 6.42 Å². The second-order valence-corrected chi connectivity index (χ2v) is 7.39. The highest BCUT2D eigenvalue weighted by Crippen LogP contribution is 2.45. The summed E-state index contributed by atoms with van der Waals surface area (Å²) in [4.78, 5) is 15.4. The van der Waals surface area contributed by atoms with Gasteiger partial charge in [0.15, 0.2) is 5.78 Å². The number of para-hydroxylation sites is 1. The van der Waals surface area contributed by atoms with Gasteiger partial charge in [-0.05, 0) is 30.0 Å². The van der Waals surface area contributed by atoms with E-state index in [4.69, 9.17) is 4.74 Å². The van der Waals surface area contributed by atoms with Crippen molar-refractivity contribution in [2.24, 2.45) is 0 Å². The Bertz CT molecular complexity index is 862. The smallest absolute Gasteiger partial charge is 0.193 e. The second kappa shape index (κ2) is 6.30. The van der Waals surface area contributed by atoms with E-state index in [9.17, 15) is 4.79 Å². The van der Waals surface area contributed by atoms with Crippen LogP contribution in [0.4, 0.5) is 5.69 Å². The molecule has 2 heterocycles. The summed E-state index contributed by atoms with van der Waals surface area (Å²) in [5.41, 5.74) is 3.85. The van der Waals surface area contributed by atoms with Gasteiger partial charge in [-0.3, -0.25) is 4.79 Å². The van der Waals surface area contributed by atoms with Crippen molar-refractivity contribution in [3.05, 3.63) is 68.7 Å². The Hall–Kier alpha value is -1.72. The number of rotatable bonds is 3. The molecule has 0 radical (unpaired) electrons. The van der Waals surface area contributed by atoms with Crippen LogP contribution in [0.5, 0.6) is 5.75 Å². The van der Waals surface area contributed by atoms with Crippen molar-refractivity contribution < 1.29 is 9.53 Å². The largest absolute Gasteiger partial charge is 0.490 e. The van der Waals surface area contributed by atoms with Crippen LogP contribution < -0.4 is 9.64 Å². The molecular weight excluding hydrogens is 386 g/mol. The number of hydrogen-bond acceptors (Lipinski definition) is 4. The zero-order valence-corrected chi connectivity index (χ0v) is 15.6. The second-order valence-electron chi connectivity index (χ2n) is 5.74. The molecular formula is C19H16BrNO2S. The predicted molar refractivity (Wildman–Crippen MR) is 102 cm³/mol. The fraction of sp³-hybridized carbons (Fsp3) is 0.211. The molecule has 0 spiro atoms. The molecule has 0 aliphatic carbocycles. The summed E-state index contributed by atoms with van der Waals surface area (Å²) in [6.45, 7) is 1.41. The zero-order chi connectivity index (χ0) is 16.7. The molecule has 0 atom stereocenters. The Kier molecular flexibility index (Phi) is 4.14.